The molecule has 0 radical (unpaired) electrons. The first-order valence-electron chi connectivity index (χ1n) is 9.72. The molecule has 0 spiro atoms. The molecular formula is C23H19BrClN3O4. The number of benzene rings is 2. The molecule has 1 fully saturated rings. The van der Waals surface area contributed by atoms with Crippen LogP contribution in [0.3, 0.4) is 0 Å². The zero-order chi connectivity index (χ0) is 22.8. The molecular weight excluding hydrogens is 498 g/mol. The summed E-state index contributed by atoms with van der Waals surface area (Å²) in [5, 5.41) is 0.509. The van der Waals surface area contributed by atoms with Crippen LogP contribution in [-0.4, -0.2) is 30.5 Å². The summed E-state index contributed by atoms with van der Waals surface area (Å²) in [5.74, 6) is 1.16. The van der Waals surface area contributed by atoms with Crippen molar-refractivity contribution in [1.82, 2.24) is 4.98 Å². The van der Waals surface area contributed by atoms with Crippen LogP contribution in [0.25, 0.3) is 0 Å². The fourth-order valence-electron chi connectivity index (χ4n) is 3.64. The predicted molar refractivity (Wildman–Crippen MR) is 125 cm³/mol. The van der Waals surface area contributed by atoms with Crippen LogP contribution in [0.4, 0.5) is 5.82 Å². The van der Waals surface area contributed by atoms with Crippen LogP contribution in [0.1, 0.15) is 28.3 Å². The van der Waals surface area contributed by atoms with Gasteiger partial charge in [0, 0.05) is 45.7 Å². The molecule has 9 heteroatoms. The first kappa shape index (κ1) is 22.1. The highest BCUT2D eigenvalue weighted by molar-refractivity contribution is 9.10. The standard InChI is InChI=1S/C23H19BrClN3O4/c1-31-18-5-2-15(24)10-20(18)32-19-11-16(25)3-4-17(19)14-9-22(29)28(12-14)21-8-13(23(26)30)6-7-27-21/h2-8,10-11,14H,9,12H2,1H3,(H2,26,30)/t14-/m0/s1. The minimum Gasteiger partial charge on any atom is -0.493 e. The molecule has 4 rings (SSSR count). The van der Waals surface area contributed by atoms with Gasteiger partial charge in [0.2, 0.25) is 11.8 Å². The lowest BCUT2D eigenvalue weighted by Crippen LogP contribution is -2.26. The van der Waals surface area contributed by atoms with Gasteiger partial charge in [-0.2, -0.15) is 0 Å². The number of carbonyl (C=O) groups is 2. The highest BCUT2D eigenvalue weighted by Crippen LogP contribution is 2.41. The first-order valence-corrected chi connectivity index (χ1v) is 10.9. The van der Waals surface area contributed by atoms with Crippen molar-refractivity contribution in [2.75, 3.05) is 18.6 Å². The Bertz CT molecular complexity index is 1200. The van der Waals surface area contributed by atoms with Gasteiger partial charge in [-0.05, 0) is 42.5 Å². The van der Waals surface area contributed by atoms with E-state index in [0.717, 1.165) is 10.0 Å². The van der Waals surface area contributed by atoms with Gasteiger partial charge in [-0.3, -0.25) is 14.5 Å². The van der Waals surface area contributed by atoms with Crippen LogP contribution in [-0.2, 0) is 4.79 Å². The second-order valence-electron chi connectivity index (χ2n) is 7.25. The fraction of sp³-hybridized carbons (Fsp3) is 0.174. The molecule has 7 nitrogen and oxygen atoms in total. The predicted octanol–water partition coefficient (Wildman–Crippen LogP) is 4.92. The minimum absolute atomic E-state index is 0.106. The van der Waals surface area contributed by atoms with E-state index < -0.39 is 5.91 Å². The quantitative estimate of drug-likeness (QED) is 0.502. The number of anilines is 1. The number of halogens is 2. The molecule has 1 aliphatic rings. The van der Waals surface area contributed by atoms with E-state index in [1.807, 2.05) is 12.1 Å². The Morgan fingerprint density at radius 3 is 2.72 bits per heavy atom. The number of primary amides is 1. The van der Waals surface area contributed by atoms with Crippen LogP contribution in [0.5, 0.6) is 17.2 Å². The van der Waals surface area contributed by atoms with Gasteiger partial charge in [-0.1, -0.05) is 33.6 Å². The molecule has 1 atom stereocenters. The maximum absolute atomic E-state index is 12.8. The highest BCUT2D eigenvalue weighted by Gasteiger charge is 2.34. The molecule has 2 aromatic carbocycles. The van der Waals surface area contributed by atoms with Crippen molar-refractivity contribution in [3.8, 4) is 17.2 Å². The van der Waals surface area contributed by atoms with Crippen molar-refractivity contribution in [2.45, 2.75) is 12.3 Å². The average Bonchev–Trinajstić information content (AvgIpc) is 3.15. The molecule has 32 heavy (non-hydrogen) atoms. The van der Waals surface area contributed by atoms with E-state index >= 15 is 0 Å². The van der Waals surface area contributed by atoms with E-state index in [1.54, 1.807) is 36.3 Å². The lowest BCUT2D eigenvalue weighted by molar-refractivity contribution is -0.117. The Morgan fingerprint density at radius 1 is 1.16 bits per heavy atom. The second kappa shape index (κ2) is 9.18. The highest BCUT2D eigenvalue weighted by atomic mass is 79.9. The van der Waals surface area contributed by atoms with Gasteiger partial charge in [-0.15, -0.1) is 0 Å². The number of pyridine rings is 1. The van der Waals surface area contributed by atoms with Crippen molar-refractivity contribution < 1.29 is 19.1 Å². The van der Waals surface area contributed by atoms with Crippen molar-refractivity contribution >= 4 is 45.2 Å². The van der Waals surface area contributed by atoms with Gasteiger partial charge in [-0.25, -0.2) is 4.98 Å². The molecule has 0 saturated carbocycles. The van der Waals surface area contributed by atoms with Gasteiger partial charge < -0.3 is 15.2 Å². The number of aromatic nitrogens is 1. The molecule has 164 valence electrons. The number of methoxy groups -OCH3 is 1. The summed E-state index contributed by atoms with van der Waals surface area (Å²) < 4.78 is 12.4. The number of ether oxygens (including phenoxy) is 2. The number of carbonyl (C=O) groups excluding carboxylic acids is 2. The van der Waals surface area contributed by atoms with Gasteiger partial charge in [0.05, 0.1) is 7.11 Å². The summed E-state index contributed by atoms with van der Waals surface area (Å²) in [7, 11) is 1.57. The van der Waals surface area contributed by atoms with Crippen molar-refractivity contribution in [3.05, 3.63) is 75.4 Å². The van der Waals surface area contributed by atoms with Crippen LogP contribution < -0.4 is 20.1 Å². The summed E-state index contributed by atoms with van der Waals surface area (Å²) in [4.78, 5) is 30.1. The third-order valence-corrected chi connectivity index (χ3v) is 5.92. The first-order chi connectivity index (χ1) is 15.4. The lowest BCUT2D eigenvalue weighted by Gasteiger charge is -2.19. The molecule has 0 aliphatic carbocycles. The molecule has 1 aromatic heterocycles. The van der Waals surface area contributed by atoms with Crippen LogP contribution in [0.15, 0.2) is 59.2 Å². The summed E-state index contributed by atoms with van der Waals surface area (Å²) in [6.45, 7) is 0.377. The van der Waals surface area contributed by atoms with E-state index in [-0.39, 0.29) is 18.2 Å². The van der Waals surface area contributed by atoms with E-state index in [4.69, 9.17) is 26.8 Å². The van der Waals surface area contributed by atoms with Crippen molar-refractivity contribution in [1.29, 1.82) is 0 Å². The third-order valence-electron chi connectivity index (χ3n) is 5.19. The van der Waals surface area contributed by atoms with Gasteiger partial charge in [0.1, 0.15) is 11.6 Å². The lowest BCUT2D eigenvalue weighted by atomic mass is 9.97. The van der Waals surface area contributed by atoms with Crippen LogP contribution in [0, 0.1) is 0 Å². The molecule has 1 saturated heterocycles. The van der Waals surface area contributed by atoms with E-state index in [0.29, 0.717) is 40.2 Å². The van der Waals surface area contributed by atoms with Crippen LogP contribution >= 0.6 is 27.5 Å². The number of nitrogens with zero attached hydrogens (tertiary/aromatic N) is 2. The third kappa shape index (κ3) is 4.56. The monoisotopic (exact) mass is 515 g/mol. The molecule has 2 heterocycles. The SMILES string of the molecule is COc1ccc(Br)cc1Oc1cc(Cl)ccc1[C@H]1CC(=O)N(c2cc(C(N)=O)ccn2)C1. The van der Waals surface area contributed by atoms with Crippen molar-refractivity contribution in [2.24, 2.45) is 5.73 Å². The summed E-state index contributed by atoms with van der Waals surface area (Å²) >= 11 is 9.69. The maximum atomic E-state index is 12.8. The van der Waals surface area contributed by atoms with Gasteiger partial charge in [0.15, 0.2) is 11.5 Å². The summed E-state index contributed by atoms with van der Waals surface area (Å²) in [6.07, 6.45) is 1.72. The normalized spacial score (nSPS) is 15.7. The number of nitrogens with two attached hydrogens (primary N) is 1. The number of hydrogen-bond donors (Lipinski definition) is 1. The van der Waals surface area contributed by atoms with Gasteiger partial charge in [0.25, 0.3) is 0 Å². The fourth-order valence-corrected chi connectivity index (χ4v) is 4.14. The van der Waals surface area contributed by atoms with Gasteiger partial charge >= 0.3 is 0 Å². The van der Waals surface area contributed by atoms with E-state index in [1.165, 1.54) is 18.3 Å². The molecule has 2 amide bonds. The average molecular weight is 517 g/mol. The van der Waals surface area contributed by atoms with Crippen LogP contribution in [0.2, 0.25) is 5.02 Å². The summed E-state index contributed by atoms with van der Waals surface area (Å²) in [6, 6.07) is 13.8. The molecule has 1 aliphatic heterocycles. The Labute approximate surface area is 198 Å². The largest absolute Gasteiger partial charge is 0.493 e. The topological polar surface area (TPSA) is 94.8 Å². The van der Waals surface area contributed by atoms with E-state index in [9.17, 15) is 9.59 Å². The Balaban J connectivity index is 1.65. The second-order valence-corrected chi connectivity index (χ2v) is 8.60. The maximum Gasteiger partial charge on any atom is 0.248 e. The minimum atomic E-state index is -0.576. The Kier molecular flexibility index (Phi) is 6.34. The molecule has 3 aromatic rings. The molecule has 0 bridgehead atoms. The zero-order valence-corrected chi connectivity index (χ0v) is 19.4. The molecule has 2 N–H and O–H groups in total. The van der Waals surface area contributed by atoms with Crippen molar-refractivity contribution in [3.63, 3.8) is 0 Å². The number of rotatable bonds is 6. The summed E-state index contributed by atoms with van der Waals surface area (Å²) in [5.41, 5.74) is 6.49. The Morgan fingerprint density at radius 2 is 1.97 bits per heavy atom. The number of amides is 2. The number of hydrogen-bond acceptors (Lipinski definition) is 5. The van der Waals surface area contributed by atoms with E-state index in [2.05, 4.69) is 20.9 Å². The Hall–Kier alpha value is -3.10. The molecule has 0 unspecified atom stereocenters. The zero-order valence-electron chi connectivity index (χ0n) is 17.0. The smallest absolute Gasteiger partial charge is 0.248 e.